The minimum atomic E-state index is 0.169. The van der Waals surface area contributed by atoms with Crippen LogP contribution >= 0.6 is 11.3 Å². The van der Waals surface area contributed by atoms with Crippen LogP contribution in [0.25, 0.3) is 10.2 Å². The predicted octanol–water partition coefficient (Wildman–Crippen LogP) is 2.22. The number of nitrogens with two attached hydrogens (primary N) is 1. The molecule has 2 rings (SSSR count). The quantitative estimate of drug-likeness (QED) is 0.864. The molecule has 1 unspecified atom stereocenters. The van der Waals surface area contributed by atoms with Crippen LogP contribution in [0.5, 0.6) is 0 Å². The third-order valence-electron chi connectivity index (χ3n) is 2.63. The van der Waals surface area contributed by atoms with Gasteiger partial charge in [0.05, 0.1) is 5.69 Å². The summed E-state index contributed by atoms with van der Waals surface area (Å²) >= 11 is 1.65. The molecular formula is C11H15N3S. The molecule has 0 aliphatic carbocycles. The standard InChI is InChI=1S/C11H15N3S/c1-7(2)9(12)5-10-8-3-4-15-11(8)14-6-13-10/h3-4,6-7,9H,5,12H2,1-2H3. The van der Waals surface area contributed by atoms with Crippen molar-refractivity contribution in [2.45, 2.75) is 26.3 Å². The van der Waals surface area contributed by atoms with Crippen molar-refractivity contribution >= 4 is 21.6 Å². The van der Waals surface area contributed by atoms with E-state index in [9.17, 15) is 0 Å². The van der Waals surface area contributed by atoms with Gasteiger partial charge in [0.1, 0.15) is 11.2 Å². The normalized spacial score (nSPS) is 13.6. The highest BCUT2D eigenvalue weighted by Crippen LogP contribution is 2.21. The van der Waals surface area contributed by atoms with Crippen molar-refractivity contribution in [1.82, 2.24) is 9.97 Å². The molecule has 0 radical (unpaired) electrons. The third kappa shape index (κ3) is 2.16. The van der Waals surface area contributed by atoms with Gasteiger partial charge in [0.25, 0.3) is 0 Å². The fraction of sp³-hybridized carbons (Fsp3) is 0.455. The fourth-order valence-electron chi connectivity index (χ4n) is 1.46. The second-order valence-corrected chi connectivity index (χ2v) is 4.97. The highest BCUT2D eigenvalue weighted by Gasteiger charge is 2.12. The van der Waals surface area contributed by atoms with E-state index < -0.39 is 0 Å². The van der Waals surface area contributed by atoms with Gasteiger partial charge >= 0.3 is 0 Å². The van der Waals surface area contributed by atoms with Gasteiger partial charge in [-0.25, -0.2) is 9.97 Å². The smallest absolute Gasteiger partial charge is 0.126 e. The number of fused-ring (bicyclic) bond motifs is 1. The molecule has 0 aliphatic rings. The second-order valence-electron chi connectivity index (χ2n) is 4.07. The van der Waals surface area contributed by atoms with Gasteiger partial charge in [-0.15, -0.1) is 11.3 Å². The Kier molecular flexibility index (Phi) is 2.98. The van der Waals surface area contributed by atoms with E-state index in [1.54, 1.807) is 17.7 Å². The summed E-state index contributed by atoms with van der Waals surface area (Å²) in [6.45, 7) is 4.27. The van der Waals surface area contributed by atoms with Crippen LogP contribution < -0.4 is 5.73 Å². The molecule has 2 N–H and O–H groups in total. The summed E-state index contributed by atoms with van der Waals surface area (Å²) in [6.07, 6.45) is 2.45. The van der Waals surface area contributed by atoms with Crippen LogP contribution in [-0.4, -0.2) is 16.0 Å². The van der Waals surface area contributed by atoms with Crippen molar-refractivity contribution in [3.63, 3.8) is 0 Å². The van der Waals surface area contributed by atoms with Gasteiger partial charge in [0.15, 0.2) is 0 Å². The largest absolute Gasteiger partial charge is 0.327 e. The molecule has 0 spiro atoms. The summed E-state index contributed by atoms with van der Waals surface area (Å²) in [5.41, 5.74) is 7.12. The topological polar surface area (TPSA) is 51.8 Å². The van der Waals surface area contributed by atoms with Crippen molar-refractivity contribution in [1.29, 1.82) is 0 Å². The summed E-state index contributed by atoms with van der Waals surface area (Å²) < 4.78 is 0. The second kappa shape index (κ2) is 4.24. The van der Waals surface area contributed by atoms with Crippen LogP contribution in [-0.2, 0) is 6.42 Å². The molecule has 4 heteroatoms. The average molecular weight is 221 g/mol. The van der Waals surface area contributed by atoms with Crippen molar-refractivity contribution in [2.24, 2.45) is 11.7 Å². The maximum atomic E-state index is 6.05. The highest BCUT2D eigenvalue weighted by atomic mass is 32.1. The monoisotopic (exact) mass is 221 g/mol. The highest BCUT2D eigenvalue weighted by molar-refractivity contribution is 7.16. The van der Waals surface area contributed by atoms with Crippen LogP contribution in [0.4, 0.5) is 0 Å². The van der Waals surface area contributed by atoms with Crippen molar-refractivity contribution < 1.29 is 0 Å². The zero-order valence-electron chi connectivity index (χ0n) is 8.97. The van der Waals surface area contributed by atoms with Gasteiger partial charge in [-0.1, -0.05) is 13.8 Å². The summed E-state index contributed by atoms with van der Waals surface area (Å²) in [5.74, 6) is 0.480. The summed E-state index contributed by atoms with van der Waals surface area (Å²) in [5, 5.41) is 3.20. The molecule has 0 saturated heterocycles. The van der Waals surface area contributed by atoms with Crippen molar-refractivity contribution in [3.8, 4) is 0 Å². The predicted molar refractivity (Wildman–Crippen MR) is 63.9 cm³/mol. The van der Waals surface area contributed by atoms with Gasteiger partial charge in [0.2, 0.25) is 0 Å². The first kappa shape index (κ1) is 10.5. The minimum absolute atomic E-state index is 0.169. The number of rotatable bonds is 3. The Hall–Kier alpha value is -1.00. The Morgan fingerprint density at radius 1 is 1.40 bits per heavy atom. The average Bonchev–Trinajstić information content (AvgIpc) is 2.66. The molecule has 0 aliphatic heterocycles. The van der Waals surface area contributed by atoms with Crippen molar-refractivity contribution in [2.75, 3.05) is 0 Å². The zero-order valence-corrected chi connectivity index (χ0v) is 9.79. The third-order valence-corrected chi connectivity index (χ3v) is 3.45. The molecule has 80 valence electrons. The van der Waals surface area contributed by atoms with E-state index in [1.807, 2.05) is 5.38 Å². The molecule has 2 aromatic rings. The lowest BCUT2D eigenvalue weighted by atomic mass is 9.99. The van der Waals surface area contributed by atoms with E-state index in [0.717, 1.165) is 22.3 Å². The Morgan fingerprint density at radius 3 is 2.93 bits per heavy atom. The van der Waals surface area contributed by atoms with E-state index in [2.05, 4.69) is 29.9 Å². The van der Waals surface area contributed by atoms with Gasteiger partial charge in [0, 0.05) is 17.8 Å². The Labute approximate surface area is 93.4 Å². The first-order valence-electron chi connectivity index (χ1n) is 5.11. The lowest BCUT2D eigenvalue weighted by Crippen LogP contribution is -2.29. The number of thiophene rings is 1. The Balaban J connectivity index is 2.31. The number of nitrogens with zero attached hydrogens (tertiary/aromatic N) is 2. The van der Waals surface area contributed by atoms with E-state index in [1.165, 1.54) is 0 Å². The summed E-state index contributed by atoms with van der Waals surface area (Å²) in [4.78, 5) is 9.59. The molecule has 3 nitrogen and oxygen atoms in total. The lowest BCUT2D eigenvalue weighted by Gasteiger charge is -2.14. The first-order valence-corrected chi connectivity index (χ1v) is 5.99. The molecule has 0 aromatic carbocycles. The van der Waals surface area contributed by atoms with Crippen LogP contribution in [0, 0.1) is 5.92 Å². The lowest BCUT2D eigenvalue weighted by molar-refractivity contribution is 0.487. The van der Waals surface area contributed by atoms with Crippen molar-refractivity contribution in [3.05, 3.63) is 23.5 Å². The number of hydrogen-bond acceptors (Lipinski definition) is 4. The molecular weight excluding hydrogens is 206 g/mol. The molecule has 0 bridgehead atoms. The van der Waals surface area contributed by atoms with E-state index in [0.29, 0.717) is 5.92 Å². The van der Waals surface area contributed by atoms with Crippen LogP contribution in [0.2, 0.25) is 0 Å². The molecule has 0 fully saturated rings. The van der Waals surface area contributed by atoms with Crippen LogP contribution in [0.1, 0.15) is 19.5 Å². The van der Waals surface area contributed by atoms with E-state index in [-0.39, 0.29) is 6.04 Å². The molecule has 2 heterocycles. The summed E-state index contributed by atoms with van der Waals surface area (Å²) in [7, 11) is 0. The SMILES string of the molecule is CC(C)C(N)Cc1ncnc2sccc12. The van der Waals surface area contributed by atoms with E-state index in [4.69, 9.17) is 5.73 Å². The van der Waals surface area contributed by atoms with E-state index >= 15 is 0 Å². The van der Waals surface area contributed by atoms with Crippen LogP contribution in [0.3, 0.4) is 0 Å². The zero-order chi connectivity index (χ0) is 10.8. The number of aromatic nitrogens is 2. The first-order chi connectivity index (χ1) is 7.18. The van der Waals surface area contributed by atoms with Gasteiger partial charge in [-0.05, 0) is 17.4 Å². The Bertz CT molecular complexity index is 450. The fourth-order valence-corrected chi connectivity index (χ4v) is 2.22. The Morgan fingerprint density at radius 2 is 2.20 bits per heavy atom. The summed E-state index contributed by atoms with van der Waals surface area (Å²) in [6, 6.07) is 2.24. The maximum Gasteiger partial charge on any atom is 0.126 e. The van der Waals surface area contributed by atoms with Crippen LogP contribution in [0.15, 0.2) is 17.8 Å². The number of hydrogen-bond donors (Lipinski definition) is 1. The molecule has 0 amide bonds. The maximum absolute atomic E-state index is 6.05. The van der Waals surface area contributed by atoms with Gasteiger partial charge < -0.3 is 5.73 Å². The van der Waals surface area contributed by atoms with Gasteiger partial charge in [-0.3, -0.25) is 0 Å². The molecule has 1 atom stereocenters. The van der Waals surface area contributed by atoms with Gasteiger partial charge in [-0.2, -0.15) is 0 Å². The molecule has 0 saturated carbocycles. The minimum Gasteiger partial charge on any atom is -0.327 e. The molecule has 15 heavy (non-hydrogen) atoms. The molecule has 2 aromatic heterocycles.